The summed E-state index contributed by atoms with van der Waals surface area (Å²) in [6, 6.07) is 73.3. The van der Waals surface area contributed by atoms with Gasteiger partial charge in [-0.1, -0.05) is 183 Å². The highest BCUT2D eigenvalue weighted by Gasteiger charge is 2.27. The molecule has 1 heteroatoms. The van der Waals surface area contributed by atoms with Gasteiger partial charge in [0, 0.05) is 11.6 Å². The molecule has 0 aliphatic carbocycles. The zero-order valence-electron chi connectivity index (χ0n) is 30.8. The van der Waals surface area contributed by atoms with Crippen LogP contribution < -0.4 is 0 Å². The van der Waals surface area contributed by atoms with Crippen LogP contribution in [-0.2, 0) is 0 Å². The van der Waals surface area contributed by atoms with Gasteiger partial charge in [-0.05, 0) is 119 Å². The Labute approximate surface area is 322 Å². The summed E-state index contributed by atoms with van der Waals surface area (Å²) in [6.07, 6.45) is 0.928. The molecule has 0 saturated carbocycles. The average Bonchev–Trinajstić information content (AvgIpc) is 3.65. The smallest absolute Gasteiger partial charge is 0.0671 e. The van der Waals surface area contributed by atoms with Gasteiger partial charge in [-0.2, -0.15) is 0 Å². The van der Waals surface area contributed by atoms with Crippen molar-refractivity contribution in [2.75, 3.05) is 0 Å². The molecule has 0 amide bonds. The molecular weight excluding hydrogens is 663 g/mol. The quantitative estimate of drug-likeness (QED) is 0.147. The van der Waals surface area contributed by atoms with E-state index in [9.17, 15) is 0 Å². The predicted molar refractivity (Wildman–Crippen MR) is 234 cm³/mol. The molecule has 0 aromatic heterocycles. The number of nitrogens with zero attached hydrogens (tertiary/aromatic N) is 1. The van der Waals surface area contributed by atoms with Crippen molar-refractivity contribution in [1.29, 1.82) is 0 Å². The number of benzene rings is 9. The Balaban J connectivity index is 1.17. The van der Waals surface area contributed by atoms with E-state index in [0.717, 1.165) is 12.1 Å². The molecule has 1 aliphatic heterocycles. The van der Waals surface area contributed by atoms with Crippen molar-refractivity contribution in [3.05, 3.63) is 211 Å². The van der Waals surface area contributed by atoms with E-state index in [2.05, 4.69) is 207 Å². The minimum Gasteiger partial charge on any atom is -0.257 e. The number of aliphatic imine (C=N–C) groups is 1. The second-order valence-corrected chi connectivity index (χ2v) is 14.5. The Bertz CT molecular complexity index is 2900. The van der Waals surface area contributed by atoms with Gasteiger partial charge < -0.3 is 0 Å². The van der Waals surface area contributed by atoms with Gasteiger partial charge in [-0.3, -0.25) is 4.99 Å². The lowest BCUT2D eigenvalue weighted by molar-refractivity contribution is 1.07. The number of hydrogen-bond acceptors (Lipinski definition) is 1. The first-order valence-corrected chi connectivity index (χ1v) is 19.3. The van der Waals surface area contributed by atoms with Crippen LogP contribution in [0.4, 0.5) is 5.69 Å². The molecule has 1 unspecified atom stereocenters. The topological polar surface area (TPSA) is 12.4 Å². The fourth-order valence-electron chi connectivity index (χ4n) is 8.73. The van der Waals surface area contributed by atoms with Crippen molar-refractivity contribution in [3.63, 3.8) is 0 Å². The van der Waals surface area contributed by atoms with E-state index >= 15 is 0 Å². The summed E-state index contributed by atoms with van der Waals surface area (Å²) >= 11 is 0. The highest BCUT2D eigenvalue weighted by Crippen LogP contribution is 2.46. The molecule has 1 nitrogen and oxygen atoms in total. The monoisotopic (exact) mass is 701 g/mol. The minimum atomic E-state index is 0.184. The molecule has 55 heavy (non-hydrogen) atoms. The summed E-state index contributed by atoms with van der Waals surface area (Å²) in [5.74, 6) is 0.184. The van der Waals surface area contributed by atoms with Crippen molar-refractivity contribution < 1.29 is 0 Å². The van der Waals surface area contributed by atoms with Crippen LogP contribution in [0.15, 0.2) is 205 Å². The van der Waals surface area contributed by atoms with E-state index < -0.39 is 0 Å². The third-order valence-electron chi connectivity index (χ3n) is 11.3. The van der Waals surface area contributed by atoms with Crippen LogP contribution in [0.25, 0.3) is 77.2 Å². The summed E-state index contributed by atoms with van der Waals surface area (Å²) in [4.78, 5) is 5.03. The molecule has 0 N–H and O–H groups in total. The predicted octanol–water partition coefficient (Wildman–Crippen LogP) is 15.0. The zero-order chi connectivity index (χ0) is 36.7. The molecule has 0 fully saturated rings. The van der Waals surface area contributed by atoms with Gasteiger partial charge in [0.15, 0.2) is 0 Å². The van der Waals surface area contributed by atoms with Crippen LogP contribution in [-0.4, -0.2) is 5.71 Å². The second-order valence-electron chi connectivity index (χ2n) is 14.5. The highest BCUT2D eigenvalue weighted by atomic mass is 14.8. The molecule has 1 heterocycles. The van der Waals surface area contributed by atoms with Crippen LogP contribution in [0.5, 0.6) is 0 Å². The number of fused-ring (bicyclic) bond motifs is 3. The van der Waals surface area contributed by atoms with Gasteiger partial charge in [-0.25, -0.2) is 0 Å². The normalized spacial score (nSPS) is 13.5. The van der Waals surface area contributed by atoms with E-state index in [-0.39, 0.29) is 5.92 Å². The van der Waals surface area contributed by atoms with Gasteiger partial charge >= 0.3 is 0 Å². The average molecular weight is 702 g/mol. The van der Waals surface area contributed by atoms with Crippen molar-refractivity contribution >= 4 is 32.9 Å². The standard InChI is InChI=1S/C54H39N/c1-2-50-54(48-28-11-12-29-51(48)55-50)44-25-15-22-40(34-44)39-21-14-23-42(33-39)52-45-26-9-10-27-46(45)53(43-24-13-20-38(32-43)36-16-5-3-6-17-36)49-35-41(30-31-47(49)52)37-18-7-4-8-19-37/h3-35,54H,2H2,1H3. The second kappa shape index (κ2) is 13.9. The first kappa shape index (κ1) is 32.8. The molecule has 0 spiro atoms. The summed E-state index contributed by atoms with van der Waals surface area (Å²) in [7, 11) is 0. The maximum Gasteiger partial charge on any atom is 0.0671 e. The molecule has 10 rings (SSSR count). The van der Waals surface area contributed by atoms with Gasteiger partial charge in [0.1, 0.15) is 0 Å². The molecule has 9 aromatic carbocycles. The van der Waals surface area contributed by atoms with Crippen molar-refractivity contribution in [3.8, 4) is 55.6 Å². The van der Waals surface area contributed by atoms with Crippen molar-refractivity contribution in [1.82, 2.24) is 0 Å². The fraction of sp³-hybridized carbons (Fsp3) is 0.0556. The maximum absolute atomic E-state index is 5.03. The third-order valence-corrected chi connectivity index (χ3v) is 11.3. The number of hydrogen-bond donors (Lipinski definition) is 0. The first-order valence-electron chi connectivity index (χ1n) is 19.3. The van der Waals surface area contributed by atoms with E-state index in [4.69, 9.17) is 4.99 Å². The Kier molecular flexibility index (Phi) is 8.26. The van der Waals surface area contributed by atoms with Crippen LogP contribution in [0.2, 0.25) is 0 Å². The molecule has 0 bridgehead atoms. The van der Waals surface area contributed by atoms with E-state index in [0.29, 0.717) is 0 Å². The molecule has 0 radical (unpaired) electrons. The third kappa shape index (κ3) is 5.86. The molecule has 260 valence electrons. The Hall–Kier alpha value is -6.83. The molecule has 0 saturated heterocycles. The summed E-state index contributed by atoms with van der Waals surface area (Å²) in [6.45, 7) is 2.22. The van der Waals surface area contributed by atoms with Gasteiger partial charge in [-0.15, -0.1) is 0 Å². The number of rotatable bonds is 7. The first-order chi connectivity index (χ1) is 27.2. The van der Waals surface area contributed by atoms with Gasteiger partial charge in [0.2, 0.25) is 0 Å². The van der Waals surface area contributed by atoms with Crippen LogP contribution in [0.3, 0.4) is 0 Å². The van der Waals surface area contributed by atoms with Crippen LogP contribution >= 0.6 is 0 Å². The zero-order valence-corrected chi connectivity index (χ0v) is 30.8. The Morgan fingerprint density at radius 3 is 1.49 bits per heavy atom. The van der Waals surface area contributed by atoms with E-state index in [1.807, 2.05) is 0 Å². The number of para-hydroxylation sites is 1. The largest absolute Gasteiger partial charge is 0.257 e. The van der Waals surface area contributed by atoms with Crippen molar-refractivity contribution in [2.45, 2.75) is 19.3 Å². The molecule has 9 aromatic rings. The Morgan fingerprint density at radius 1 is 0.364 bits per heavy atom. The summed E-state index contributed by atoms with van der Waals surface area (Å²) in [5.41, 5.74) is 17.2. The van der Waals surface area contributed by atoms with E-state index in [1.54, 1.807) is 0 Å². The fourth-order valence-corrected chi connectivity index (χ4v) is 8.73. The van der Waals surface area contributed by atoms with Gasteiger partial charge in [0.25, 0.3) is 0 Å². The van der Waals surface area contributed by atoms with Gasteiger partial charge in [0.05, 0.1) is 5.69 Å². The maximum atomic E-state index is 5.03. The molecule has 1 atom stereocenters. The van der Waals surface area contributed by atoms with Crippen molar-refractivity contribution in [2.24, 2.45) is 4.99 Å². The Morgan fingerprint density at radius 2 is 0.836 bits per heavy atom. The minimum absolute atomic E-state index is 0.184. The van der Waals surface area contributed by atoms with E-state index in [1.165, 1.54) is 94.0 Å². The lowest BCUT2D eigenvalue weighted by atomic mass is 9.83. The van der Waals surface area contributed by atoms with Crippen LogP contribution in [0, 0.1) is 0 Å². The van der Waals surface area contributed by atoms with Crippen LogP contribution in [0.1, 0.15) is 30.4 Å². The lowest BCUT2D eigenvalue weighted by Crippen LogP contribution is -2.09. The summed E-state index contributed by atoms with van der Waals surface area (Å²) in [5, 5.41) is 4.99. The molecule has 1 aliphatic rings. The highest BCUT2D eigenvalue weighted by molar-refractivity contribution is 6.22. The lowest BCUT2D eigenvalue weighted by Gasteiger charge is -2.20. The summed E-state index contributed by atoms with van der Waals surface area (Å²) < 4.78 is 0. The molecular formula is C54H39N. The SMILES string of the molecule is CCC1=Nc2ccccc2C1c1cccc(-c2cccc(-c3c4ccccc4c(-c4cccc(-c5ccccc5)c4)c4cc(-c5ccccc5)ccc34)c2)c1.